The molecule has 1 aromatic heterocycles. The number of aryl methyl sites for hydroxylation is 1. The van der Waals surface area contributed by atoms with Crippen molar-refractivity contribution in [1.82, 2.24) is 4.90 Å². The summed E-state index contributed by atoms with van der Waals surface area (Å²) in [5, 5.41) is 11.4. The maximum Gasteiger partial charge on any atom is 0.265 e. The Balaban J connectivity index is 2.14. The third kappa shape index (κ3) is 2.71. The van der Waals surface area contributed by atoms with Crippen molar-refractivity contribution in [2.45, 2.75) is 38.6 Å². The van der Waals surface area contributed by atoms with Gasteiger partial charge in [-0.05, 0) is 43.6 Å². The smallest absolute Gasteiger partial charge is 0.265 e. The molecule has 0 saturated heterocycles. The van der Waals surface area contributed by atoms with E-state index >= 15 is 0 Å². The minimum absolute atomic E-state index is 0.0243. The molecule has 5 heteroatoms. The fraction of sp³-hybridized carbons (Fsp3) is 0.615. The molecule has 1 amide bonds. The van der Waals surface area contributed by atoms with E-state index in [1.165, 1.54) is 17.8 Å². The molecule has 18 heavy (non-hydrogen) atoms. The van der Waals surface area contributed by atoms with Gasteiger partial charge in [0.05, 0.1) is 5.02 Å². The SMILES string of the molecule is Cc1csc(C(=O)N(CCCO)C2CCC2)c1Cl. The van der Waals surface area contributed by atoms with Crippen molar-refractivity contribution in [3.8, 4) is 0 Å². The first kappa shape index (κ1) is 13.8. The van der Waals surface area contributed by atoms with Crippen molar-refractivity contribution >= 4 is 28.8 Å². The largest absolute Gasteiger partial charge is 0.396 e. The molecule has 1 aliphatic rings. The van der Waals surface area contributed by atoms with Crippen molar-refractivity contribution in [3.63, 3.8) is 0 Å². The molecule has 0 aliphatic heterocycles. The molecule has 0 unspecified atom stereocenters. The zero-order valence-corrected chi connectivity index (χ0v) is 12.1. The van der Waals surface area contributed by atoms with Crippen molar-refractivity contribution in [1.29, 1.82) is 0 Å². The van der Waals surface area contributed by atoms with Gasteiger partial charge in [-0.2, -0.15) is 0 Å². The topological polar surface area (TPSA) is 40.5 Å². The number of aliphatic hydroxyl groups excluding tert-OH is 1. The number of nitrogens with zero attached hydrogens (tertiary/aromatic N) is 1. The van der Waals surface area contributed by atoms with Crippen LogP contribution in [-0.2, 0) is 0 Å². The summed E-state index contributed by atoms with van der Waals surface area (Å²) in [7, 11) is 0. The molecule has 0 bridgehead atoms. The highest BCUT2D eigenvalue weighted by Gasteiger charge is 2.30. The van der Waals surface area contributed by atoms with Crippen molar-refractivity contribution in [2.75, 3.05) is 13.2 Å². The van der Waals surface area contributed by atoms with Crippen LogP contribution in [0.1, 0.15) is 40.9 Å². The minimum atomic E-state index is 0.0243. The Morgan fingerprint density at radius 2 is 2.33 bits per heavy atom. The Labute approximate surface area is 116 Å². The number of rotatable bonds is 5. The van der Waals surface area contributed by atoms with Gasteiger partial charge in [0.1, 0.15) is 4.88 Å². The molecule has 1 aliphatic carbocycles. The molecule has 1 heterocycles. The Morgan fingerprint density at radius 3 is 2.78 bits per heavy atom. The van der Waals surface area contributed by atoms with Gasteiger partial charge in [-0.3, -0.25) is 4.79 Å². The van der Waals surface area contributed by atoms with E-state index in [9.17, 15) is 4.79 Å². The summed E-state index contributed by atoms with van der Waals surface area (Å²) in [6.07, 6.45) is 3.95. The van der Waals surface area contributed by atoms with Crippen LogP contribution in [0.15, 0.2) is 5.38 Å². The van der Waals surface area contributed by atoms with E-state index in [2.05, 4.69) is 0 Å². The lowest BCUT2D eigenvalue weighted by molar-refractivity contribution is 0.0567. The number of hydrogen-bond acceptors (Lipinski definition) is 3. The van der Waals surface area contributed by atoms with Gasteiger partial charge in [0.25, 0.3) is 5.91 Å². The van der Waals surface area contributed by atoms with Gasteiger partial charge in [-0.15, -0.1) is 11.3 Å². The van der Waals surface area contributed by atoms with Crippen LogP contribution in [-0.4, -0.2) is 35.1 Å². The molecule has 3 nitrogen and oxygen atoms in total. The predicted molar refractivity (Wildman–Crippen MR) is 74.4 cm³/mol. The van der Waals surface area contributed by atoms with E-state index in [0.717, 1.165) is 18.4 Å². The van der Waals surface area contributed by atoms with E-state index in [-0.39, 0.29) is 12.5 Å². The second kappa shape index (κ2) is 6.04. The quantitative estimate of drug-likeness (QED) is 0.904. The fourth-order valence-corrected chi connectivity index (χ4v) is 3.32. The molecular weight excluding hydrogens is 270 g/mol. The van der Waals surface area contributed by atoms with Crippen LogP contribution in [0.3, 0.4) is 0 Å². The Hall–Kier alpha value is -0.580. The van der Waals surface area contributed by atoms with Crippen LogP contribution in [0.25, 0.3) is 0 Å². The summed E-state index contributed by atoms with van der Waals surface area (Å²) in [6.45, 7) is 2.65. The average Bonchev–Trinajstić information content (AvgIpc) is 2.62. The predicted octanol–water partition coefficient (Wildman–Crippen LogP) is 3.09. The van der Waals surface area contributed by atoms with E-state index in [1.54, 1.807) is 0 Å². The van der Waals surface area contributed by atoms with Gasteiger partial charge in [0, 0.05) is 19.2 Å². The normalized spacial score (nSPS) is 15.5. The van der Waals surface area contributed by atoms with Crippen LogP contribution in [0.2, 0.25) is 5.02 Å². The van der Waals surface area contributed by atoms with E-state index in [0.29, 0.717) is 28.9 Å². The first-order valence-corrected chi connectivity index (χ1v) is 7.56. The third-order valence-corrected chi connectivity index (χ3v) is 5.11. The Morgan fingerprint density at radius 1 is 1.61 bits per heavy atom. The first-order valence-electron chi connectivity index (χ1n) is 6.30. The summed E-state index contributed by atoms with van der Waals surface area (Å²) >= 11 is 7.57. The molecule has 0 atom stereocenters. The highest BCUT2D eigenvalue weighted by atomic mass is 35.5. The Bertz CT molecular complexity index is 429. The lowest BCUT2D eigenvalue weighted by Gasteiger charge is -2.37. The highest BCUT2D eigenvalue weighted by molar-refractivity contribution is 7.13. The minimum Gasteiger partial charge on any atom is -0.396 e. The van der Waals surface area contributed by atoms with E-state index in [1.807, 2.05) is 17.2 Å². The number of carbonyl (C=O) groups is 1. The maximum atomic E-state index is 12.5. The molecule has 1 fully saturated rings. The summed E-state index contributed by atoms with van der Waals surface area (Å²) < 4.78 is 0. The second-order valence-corrected chi connectivity index (χ2v) is 5.98. The van der Waals surface area contributed by atoms with Gasteiger partial charge in [-0.1, -0.05) is 11.6 Å². The molecular formula is C13H18ClNO2S. The molecule has 0 radical (unpaired) electrons. The van der Waals surface area contributed by atoms with Gasteiger partial charge >= 0.3 is 0 Å². The summed E-state index contributed by atoms with van der Waals surface area (Å²) in [5.41, 5.74) is 0.959. The number of halogens is 1. The molecule has 2 rings (SSSR count). The van der Waals surface area contributed by atoms with E-state index < -0.39 is 0 Å². The zero-order valence-electron chi connectivity index (χ0n) is 10.5. The lowest BCUT2D eigenvalue weighted by atomic mass is 9.91. The van der Waals surface area contributed by atoms with Gasteiger partial charge in [0.2, 0.25) is 0 Å². The van der Waals surface area contributed by atoms with Crippen molar-refractivity contribution < 1.29 is 9.90 Å². The Kier molecular flexibility index (Phi) is 4.65. The van der Waals surface area contributed by atoms with Gasteiger partial charge < -0.3 is 10.0 Å². The van der Waals surface area contributed by atoms with Crippen LogP contribution in [0, 0.1) is 6.92 Å². The molecule has 100 valence electrons. The number of aliphatic hydroxyl groups is 1. The zero-order chi connectivity index (χ0) is 13.1. The van der Waals surface area contributed by atoms with Crippen molar-refractivity contribution in [2.24, 2.45) is 0 Å². The second-order valence-electron chi connectivity index (χ2n) is 4.72. The van der Waals surface area contributed by atoms with Crippen molar-refractivity contribution in [3.05, 3.63) is 20.8 Å². The van der Waals surface area contributed by atoms with Gasteiger partial charge in [0.15, 0.2) is 0 Å². The third-order valence-electron chi connectivity index (χ3n) is 3.43. The molecule has 1 aromatic rings. The standard InChI is InChI=1S/C13H18ClNO2S/c1-9-8-18-12(11(9)14)13(17)15(6-3-7-16)10-4-2-5-10/h8,10,16H,2-7H2,1H3. The number of carbonyl (C=O) groups excluding carboxylic acids is 1. The first-order chi connectivity index (χ1) is 8.65. The fourth-order valence-electron chi connectivity index (χ4n) is 2.09. The molecule has 1 saturated carbocycles. The monoisotopic (exact) mass is 287 g/mol. The van der Waals surface area contributed by atoms with Crippen LogP contribution < -0.4 is 0 Å². The van der Waals surface area contributed by atoms with Crippen LogP contribution in [0.5, 0.6) is 0 Å². The summed E-state index contributed by atoms with van der Waals surface area (Å²) in [5.74, 6) is 0.0243. The van der Waals surface area contributed by atoms with Crippen LogP contribution in [0.4, 0.5) is 0 Å². The number of amides is 1. The molecule has 0 spiro atoms. The lowest BCUT2D eigenvalue weighted by Crippen LogP contribution is -2.44. The highest BCUT2D eigenvalue weighted by Crippen LogP contribution is 2.32. The van der Waals surface area contributed by atoms with Gasteiger partial charge in [-0.25, -0.2) is 0 Å². The van der Waals surface area contributed by atoms with E-state index in [4.69, 9.17) is 16.7 Å². The number of thiophene rings is 1. The molecule has 0 aromatic carbocycles. The number of hydrogen-bond donors (Lipinski definition) is 1. The summed E-state index contributed by atoms with van der Waals surface area (Å²) in [6, 6.07) is 0.336. The average molecular weight is 288 g/mol. The molecule has 1 N–H and O–H groups in total. The summed E-state index contributed by atoms with van der Waals surface area (Å²) in [4.78, 5) is 15.0. The van der Waals surface area contributed by atoms with Crippen LogP contribution >= 0.6 is 22.9 Å². The maximum absolute atomic E-state index is 12.5.